The number of nitrogens with two attached hydrogens (primary N) is 1. The standard InChI is InChI=1S/C2H6N4/c1-2(5-3)6-4/h3H,4H2,1H3/b5-3?,6-2-. The second kappa shape index (κ2) is 2.32. The van der Waals surface area contributed by atoms with Gasteiger partial charge in [-0.2, -0.15) is 5.10 Å². The number of nitrogens with one attached hydrogen (secondary N) is 1. The topological polar surface area (TPSA) is 74.6 Å². The van der Waals surface area contributed by atoms with E-state index in [-0.39, 0.29) is 5.84 Å². The molecule has 0 saturated heterocycles. The molecule has 0 aliphatic heterocycles. The summed E-state index contributed by atoms with van der Waals surface area (Å²) in [6, 6.07) is 0. The smallest absolute Gasteiger partial charge is 0.166 e. The van der Waals surface area contributed by atoms with Crippen molar-refractivity contribution >= 4 is 5.84 Å². The zero-order valence-electron chi connectivity index (χ0n) is 3.47. The van der Waals surface area contributed by atoms with Crippen LogP contribution in [0.1, 0.15) is 6.92 Å². The highest BCUT2D eigenvalue weighted by Crippen LogP contribution is 1.68. The predicted molar refractivity (Wildman–Crippen MR) is 22.4 cm³/mol. The van der Waals surface area contributed by atoms with Crippen molar-refractivity contribution in [2.45, 2.75) is 6.92 Å². The molecule has 0 spiro atoms. The summed E-state index contributed by atoms with van der Waals surface area (Å²) in [5.41, 5.74) is 6.22. The summed E-state index contributed by atoms with van der Waals surface area (Å²) in [6.45, 7) is 1.55. The molecular weight excluding hydrogens is 80.0 g/mol. The lowest BCUT2D eigenvalue weighted by Crippen LogP contribution is -1.88. The number of rotatable bonds is 0. The maximum atomic E-state index is 6.22. The van der Waals surface area contributed by atoms with E-state index in [1.807, 2.05) is 0 Å². The van der Waals surface area contributed by atoms with E-state index in [0.29, 0.717) is 0 Å². The van der Waals surface area contributed by atoms with Gasteiger partial charge in [-0.05, 0) is 6.92 Å². The first-order chi connectivity index (χ1) is 2.81. The Morgan fingerprint density at radius 1 is 1.83 bits per heavy atom. The first-order valence-electron chi connectivity index (χ1n) is 1.43. The van der Waals surface area contributed by atoms with Gasteiger partial charge in [-0.15, -0.1) is 5.11 Å². The molecule has 0 unspecified atom stereocenters. The van der Waals surface area contributed by atoms with Crippen LogP contribution in [0.4, 0.5) is 0 Å². The molecule has 0 saturated carbocycles. The molecule has 4 nitrogen and oxygen atoms in total. The molecule has 0 aromatic heterocycles. The van der Waals surface area contributed by atoms with E-state index >= 15 is 0 Å². The van der Waals surface area contributed by atoms with Gasteiger partial charge >= 0.3 is 0 Å². The number of hydrogen-bond acceptors (Lipinski definition) is 3. The fourth-order valence-electron chi connectivity index (χ4n) is 0.0289. The van der Waals surface area contributed by atoms with E-state index in [1.165, 1.54) is 0 Å². The second-order valence-electron chi connectivity index (χ2n) is 0.788. The maximum Gasteiger partial charge on any atom is 0.166 e. The van der Waals surface area contributed by atoms with E-state index in [0.717, 1.165) is 0 Å². The minimum absolute atomic E-state index is 0.287. The van der Waals surface area contributed by atoms with Crippen molar-refractivity contribution in [3.8, 4) is 0 Å². The van der Waals surface area contributed by atoms with Gasteiger partial charge in [0.15, 0.2) is 5.84 Å². The van der Waals surface area contributed by atoms with Crippen molar-refractivity contribution < 1.29 is 0 Å². The average molecular weight is 86.1 g/mol. The molecule has 0 amide bonds. The monoisotopic (exact) mass is 86.1 g/mol. The van der Waals surface area contributed by atoms with Crippen molar-refractivity contribution in [1.82, 2.24) is 0 Å². The molecule has 0 bridgehead atoms. The lowest BCUT2D eigenvalue weighted by atomic mass is 10.7. The van der Waals surface area contributed by atoms with Gasteiger partial charge < -0.3 is 5.84 Å². The molecule has 0 atom stereocenters. The average Bonchev–Trinajstić information content (AvgIpc) is 1.65. The van der Waals surface area contributed by atoms with Gasteiger partial charge in [-0.25, -0.2) is 5.53 Å². The quantitative estimate of drug-likeness (QED) is 0.144. The molecule has 0 aliphatic rings. The Labute approximate surface area is 35.5 Å². The highest BCUT2D eigenvalue weighted by Gasteiger charge is 1.73. The third-order valence-electron chi connectivity index (χ3n) is 0.349. The number of hydrogen-bond donors (Lipinski definition) is 2. The predicted octanol–water partition coefficient (Wildman–Crippen LogP) is 0.309. The van der Waals surface area contributed by atoms with Crippen LogP contribution in [0.15, 0.2) is 10.2 Å². The van der Waals surface area contributed by atoms with Crippen molar-refractivity contribution in [3.63, 3.8) is 0 Å². The van der Waals surface area contributed by atoms with Crippen LogP contribution in [0.2, 0.25) is 0 Å². The molecule has 0 aromatic carbocycles. The summed E-state index contributed by atoms with van der Waals surface area (Å²) in [5, 5.41) is 5.95. The first kappa shape index (κ1) is 5.07. The molecule has 4 heteroatoms. The van der Waals surface area contributed by atoms with E-state index in [4.69, 9.17) is 5.53 Å². The van der Waals surface area contributed by atoms with Gasteiger partial charge in [0.2, 0.25) is 0 Å². The van der Waals surface area contributed by atoms with Crippen LogP contribution in [0.25, 0.3) is 0 Å². The molecule has 3 N–H and O–H groups in total. The molecule has 0 rings (SSSR count). The van der Waals surface area contributed by atoms with Crippen LogP contribution < -0.4 is 5.84 Å². The van der Waals surface area contributed by atoms with Gasteiger partial charge in [-0.1, -0.05) is 0 Å². The Morgan fingerprint density at radius 3 is 2.33 bits per heavy atom. The van der Waals surface area contributed by atoms with E-state index in [2.05, 4.69) is 16.1 Å². The van der Waals surface area contributed by atoms with Crippen molar-refractivity contribution in [2.75, 3.05) is 0 Å². The van der Waals surface area contributed by atoms with Gasteiger partial charge in [0.1, 0.15) is 0 Å². The van der Waals surface area contributed by atoms with Crippen LogP contribution >= 0.6 is 0 Å². The van der Waals surface area contributed by atoms with Gasteiger partial charge in [0.25, 0.3) is 0 Å². The number of amidine groups is 1. The number of hydrazone groups is 1. The lowest BCUT2D eigenvalue weighted by Gasteiger charge is -1.75. The van der Waals surface area contributed by atoms with Crippen LogP contribution in [-0.4, -0.2) is 5.84 Å². The summed E-state index contributed by atoms with van der Waals surface area (Å²) in [4.78, 5) is 0. The normalized spacial score (nSPS) is 11.2. The van der Waals surface area contributed by atoms with Crippen molar-refractivity contribution in [1.29, 1.82) is 5.53 Å². The molecule has 0 radical (unpaired) electrons. The summed E-state index contributed by atoms with van der Waals surface area (Å²) in [7, 11) is 0. The van der Waals surface area contributed by atoms with Crippen LogP contribution in [0.5, 0.6) is 0 Å². The minimum atomic E-state index is 0.287. The minimum Gasteiger partial charge on any atom is -0.321 e. The SMILES string of the molecule is C/C(N=N)=N/N. The zero-order valence-corrected chi connectivity index (χ0v) is 3.47. The molecule has 0 aliphatic carbocycles. The Kier molecular flexibility index (Phi) is 1.96. The third kappa shape index (κ3) is 1.40. The third-order valence-corrected chi connectivity index (χ3v) is 0.349. The summed E-state index contributed by atoms with van der Waals surface area (Å²) in [6.07, 6.45) is 0. The summed E-state index contributed by atoms with van der Waals surface area (Å²) >= 11 is 0. The Balaban J connectivity index is 3.50. The van der Waals surface area contributed by atoms with Crippen LogP contribution in [-0.2, 0) is 0 Å². The Morgan fingerprint density at radius 2 is 2.33 bits per heavy atom. The zero-order chi connectivity index (χ0) is 4.99. The highest BCUT2D eigenvalue weighted by molar-refractivity contribution is 5.78. The summed E-state index contributed by atoms with van der Waals surface area (Å²) in [5.74, 6) is 4.94. The second-order valence-corrected chi connectivity index (χ2v) is 0.788. The number of nitrogens with zero attached hydrogens (tertiary/aromatic N) is 2. The highest BCUT2D eigenvalue weighted by atomic mass is 15.2. The van der Waals surface area contributed by atoms with Gasteiger partial charge in [0.05, 0.1) is 0 Å². The largest absolute Gasteiger partial charge is 0.321 e. The van der Waals surface area contributed by atoms with Gasteiger partial charge in [-0.3, -0.25) is 0 Å². The van der Waals surface area contributed by atoms with Gasteiger partial charge in [0, 0.05) is 0 Å². The molecule has 0 fully saturated rings. The molecule has 34 valence electrons. The van der Waals surface area contributed by atoms with Crippen LogP contribution in [0.3, 0.4) is 0 Å². The molecular formula is C2H6N4. The molecule has 0 heterocycles. The Hall–Kier alpha value is -0.930. The maximum absolute atomic E-state index is 6.22. The Bertz CT molecular complexity index is 73.6. The van der Waals surface area contributed by atoms with E-state index in [1.54, 1.807) is 6.92 Å². The van der Waals surface area contributed by atoms with E-state index in [9.17, 15) is 0 Å². The van der Waals surface area contributed by atoms with Crippen LogP contribution in [0, 0.1) is 5.53 Å². The fourth-order valence-corrected chi connectivity index (χ4v) is 0.0289. The van der Waals surface area contributed by atoms with E-state index < -0.39 is 0 Å². The molecule has 6 heavy (non-hydrogen) atoms. The lowest BCUT2D eigenvalue weighted by molar-refractivity contribution is 1.13. The van der Waals surface area contributed by atoms with Crippen molar-refractivity contribution in [2.24, 2.45) is 16.1 Å². The summed E-state index contributed by atoms with van der Waals surface area (Å²) < 4.78 is 0. The fraction of sp³-hybridized carbons (Fsp3) is 0.500. The first-order valence-corrected chi connectivity index (χ1v) is 1.43. The van der Waals surface area contributed by atoms with Crippen molar-refractivity contribution in [3.05, 3.63) is 0 Å². The molecule has 0 aromatic rings.